The smallest absolute Gasteiger partial charge is 0.282 e. The van der Waals surface area contributed by atoms with Gasteiger partial charge in [-0.3, -0.25) is 4.79 Å². The zero-order valence-corrected chi connectivity index (χ0v) is 8.00. The Bertz CT molecular complexity index is 282. The molecule has 0 radical (unpaired) electrons. The number of amides is 1. The number of nitrogens with zero attached hydrogens (tertiary/aromatic N) is 2. The SMILES string of the molecule is C=C(F)C(=O)N1CCCC[C@H]1CC#N. The lowest BCUT2D eigenvalue weighted by molar-refractivity contribution is -0.132. The molecule has 0 N–H and O–H groups in total. The maximum atomic E-state index is 12.6. The molecule has 0 aromatic rings. The first kappa shape index (κ1) is 10.7. The van der Waals surface area contributed by atoms with Crippen molar-refractivity contribution in [1.29, 1.82) is 5.26 Å². The molecular formula is C10H13FN2O. The summed E-state index contributed by atoms with van der Waals surface area (Å²) >= 11 is 0. The van der Waals surface area contributed by atoms with Gasteiger partial charge in [0.25, 0.3) is 5.91 Å². The van der Waals surface area contributed by atoms with E-state index in [2.05, 4.69) is 6.58 Å². The summed E-state index contributed by atoms with van der Waals surface area (Å²) in [6, 6.07) is 1.88. The molecule has 1 fully saturated rings. The van der Waals surface area contributed by atoms with Crippen molar-refractivity contribution in [2.75, 3.05) is 6.54 Å². The van der Waals surface area contributed by atoms with Crippen LogP contribution in [0.4, 0.5) is 4.39 Å². The lowest BCUT2D eigenvalue weighted by atomic mass is 10.00. The Balaban J connectivity index is 2.68. The van der Waals surface area contributed by atoms with E-state index in [1.165, 1.54) is 4.90 Å². The molecule has 3 nitrogen and oxygen atoms in total. The lowest BCUT2D eigenvalue weighted by Gasteiger charge is -2.33. The zero-order valence-electron chi connectivity index (χ0n) is 8.00. The molecule has 0 aromatic carbocycles. The molecule has 0 saturated carbocycles. The number of piperidine rings is 1. The van der Waals surface area contributed by atoms with Crippen molar-refractivity contribution in [2.24, 2.45) is 0 Å². The third-order valence-corrected chi connectivity index (χ3v) is 2.45. The van der Waals surface area contributed by atoms with Crippen molar-refractivity contribution in [3.05, 3.63) is 12.4 Å². The van der Waals surface area contributed by atoms with Crippen molar-refractivity contribution >= 4 is 5.91 Å². The molecule has 1 amide bonds. The number of hydrogen-bond donors (Lipinski definition) is 0. The van der Waals surface area contributed by atoms with Gasteiger partial charge in [-0.25, -0.2) is 4.39 Å². The first-order valence-electron chi connectivity index (χ1n) is 4.69. The fraction of sp³-hybridized carbons (Fsp3) is 0.600. The summed E-state index contributed by atoms with van der Waals surface area (Å²) in [6.45, 7) is 3.52. The maximum absolute atomic E-state index is 12.6. The molecule has 1 aliphatic heterocycles. The van der Waals surface area contributed by atoms with Crippen LogP contribution in [0.15, 0.2) is 12.4 Å². The molecule has 14 heavy (non-hydrogen) atoms. The number of rotatable bonds is 2. The van der Waals surface area contributed by atoms with Crippen molar-refractivity contribution in [1.82, 2.24) is 4.90 Å². The van der Waals surface area contributed by atoms with E-state index in [0.29, 0.717) is 6.54 Å². The highest BCUT2D eigenvalue weighted by molar-refractivity contribution is 5.90. The quantitative estimate of drug-likeness (QED) is 0.632. The second-order valence-corrected chi connectivity index (χ2v) is 3.42. The summed E-state index contributed by atoms with van der Waals surface area (Å²) in [6.07, 6.45) is 2.93. The van der Waals surface area contributed by atoms with Gasteiger partial charge in [-0.2, -0.15) is 5.26 Å². The van der Waals surface area contributed by atoms with Crippen molar-refractivity contribution in [3.8, 4) is 6.07 Å². The summed E-state index contributed by atoms with van der Waals surface area (Å²) in [5.41, 5.74) is 0. The molecule has 0 spiro atoms. The molecule has 4 heteroatoms. The molecule has 76 valence electrons. The maximum Gasteiger partial charge on any atom is 0.282 e. The molecular weight excluding hydrogens is 183 g/mol. The van der Waals surface area contributed by atoms with E-state index in [-0.39, 0.29) is 12.5 Å². The molecule has 0 aromatic heterocycles. The molecule has 1 rings (SSSR count). The number of hydrogen-bond acceptors (Lipinski definition) is 2. The minimum absolute atomic E-state index is 0.131. The summed E-state index contributed by atoms with van der Waals surface area (Å²) in [5, 5.41) is 8.55. The van der Waals surface area contributed by atoms with Crippen LogP contribution in [0.5, 0.6) is 0 Å². The van der Waals surface area contributed by atoms with Crippen LogP contribution in [-0.4, -0.2) is 23.4 Å². The van der Waals surface area contributed by atoms with Crippen molar-refractivity contribution < 1.29 is 9.18 Å². The first-order chi connectivity index (χ1) is 6.66. The summed E-state index contributed by atoms with van der Waals surface area (Å²) in [5.74, 6) is -1.60. The van der Waals surface area contributed by atoms with E-state index in [0.717, 1.165) is 19.3 Å². The Morgan fingerprint density at radius 3 is 2.93 bits per heavy atom. The van der Waals surface area contributed by atoms with Crippen LogP contribution in [0.25, 0.3) is 0 Å². The third kappa shape index (κ3) is 2.32. The number of carbonyl (C=O) groups excluding carboxylic acids is 1. The van der Waals surface area contributed by atoms with Gasteiger partial charge in [0.2, 0.25) is 0 Å². The van der Waals surface area contributed by atoms with Gasteiger partial charge in [-0.05, 0) is 19.3 Å². The second kappa shape index (κ2) is 4.75. The Labute approximate surface area is 82.8 Å². The predicted octanol–water partition coefficient (Wildman–Crippen LogP) is 1.76. The fourth-order valence-corrected chi connectivity index (χ4v) is 1.74. The lowest BCUT2D eigenvalue weighted by Crippen LogP contribution is -2.43. The van der Waals surface area contributed by atoms with Crippen LogP contribution < -0.4 is 0 Å². The Morgan fingerprint density at radius 2 is 2.36 bits per heavy atom. The number of nitriles is 1. The minimum Gasteiger partial charge on any atom is -0.333 e. The first-order valence-corrected chi connectivity index (χ1v) is 4.69. The highest BCUT2D eigenvalue weighted by Gasteiger charge is 2.27. The van der Waals surface area contributed by atoms with Gasteiger partial charge in [0, 0.05) is 12.6 Å². The number of likely N-dealkylation sites (tertiary alicyclic amines) is 1. The highest BCUT2D eigenvalue weighted by Crippen LogP contribution is 2.21. The van der Waals surface area contributed by atoms with Gasteiger partial charge >= 0.3 is 0 Å². The average Bonchev–Trinajstić information content (AvgIpc) is 2.18. The van der Waals surface area contributed by atoms with E-state index >= 15 is 0 Å². The largest absolute Gasteiger partial charge is 0.333 e. The van der Waals surface area contributed by atoms with Gasteiger partial charge in [-0.1, -0.05) is 6.58 Å². The van der Waals surface area contributed by atoms with Gasteiger partial charge in [-0.15, -0.1) is 0 Å². The normalized spacial score (nSPS) is 21.4. The monoisotopic (exact) mass is 196 g/mol. The van der Waals surface area contributed by atoms with E-state index in [1.54, 1.807) is 0 Å². The zero-order chi connectivity index (χ0) is 10.6. The molecule has 1 aliphatic rings. The van der Waals surface area contributed by atoms with E-state index in [9.17, 15) is 9.18 Å². The summed E-state index contributed by atoms with van der Waals surface area (Å²) in [7, 11) is 0. The predicted molar refractivity (Wildman–Crippen MR) is 49.8 cm³/mol. The highest BCUT2D eigenvalue weighted by atomic mass is 19.1. The molecule has 1 atom stereocenters. The second-order valence-electron chi connectivity index (χ2n) is 3.42. The van der Waals surface area contributed by atoms with Gasteiger partial charge in [0.15, 0.2) is 5.83 Å². The molecule has 0 aliphatic carbocycles. The Hall–Kier alpha value is -1.37. The Morgan fingerprint density at radius 1 is 1.64 bits per heavy atom. The average molecular weight is 196 g/mol. The van der Waals surface area contributed by atoms with E-state index in [1.807, 2.05) is 6.07 Å². The van der Waals surface area contributed by atoms with Crippen LogP contribution in [-0.2, 0) is 4.79 Å². The van der Waals surface area contributed by atoms with Crippen LogP contribution in [0.3, 0.4) is 0 Å². The van der Waals surface area contributed by atoms with Crippen LogP contribution in [0.1, 0.15) is 25.7 Å². The van der Waals surface area contributed by atoms with E-state index in [4.69, 9.17) is 5.26 Å². The van der Waals surface area contributed by atoms with Gasteiger partial charge < -0.3 is 4.90 Å². The van der Waals surface area contributed by atoms with Crippen LogP contribution in [0.2, 0.25) is 0 Å². The third-order valence-electron chi connectivity index (χ3n) is 2.45. The summed E-state index contributed by atoms with van der Waals surface area (Å²) in [4.78, 5) is 12.8. The fourth-order valence-electron chi connectivity index (χ4n) is 1.74. The van der Waals surface area contributed by atoms with E-state index < -0.39 is 11.7 Å². The van der Waals surface area contributed by atoms with Crippen LogP contribution >= 0.6 is 0 Å². The topological polar surface area (TPSA) is 44.1 Å². The minimum atomic E-state index is -0.935. The molecule has 1 saturated heterocycles. The standard InChI is InChI=1S/C10H13FN2O/c1-8(11)10(14)13-7-3-2-4-9(13)5-6-12/h9H,1-5,7H2/t9-/m0/s1. The molecule has 0 bridgehead atoms. The van der Waals surface area contributed by atoms with Crippen molar-refractivity contribution in [2.45, 2.75) is 31.7 Å². The van der Waals surface area contributed by atoms with Crippen molar-refractivity contribution in [3.63, 3.8) is 0 Å². The summed E-state index contributed by atoms with van der Waals surface area (Å²) < 4.78 is 12.6. The molecule has 0 unspecified atom stereocenters. The van der Waals surface area contributed by atoms with Crippen LogP contribution in [0, 0.1) is 11.3 Å². The molecule has 1 heterocycles. The Kier molecular flexibility index (Phi) is 3.63. The number of carbonyl (C=O) groups is 1. The number of halogens is 1. The van der Waals surface area contributed by atoms with Gasteiger partial charge in [0.1, 0.15) is 0 Å². The van der Waals surface area contributed by atoms with Gasteiger partial charge in [0.05, 0.1) is 12.5 Å².